The van der Waals surface area contributed by atoms with Crippen LogP contribution in [0.3, 0.4) is 0 Å². The molecule has 2 saturated carbocycles. The molecule has 2 aliphatic carbocycles. The second-order valence-corrected chi connectivity index (χ2v) is 9.80. The molecule has 1 N–H and O–H groups in total. The van der Waals surface area contributed by atoms with Gasteiger partial charge in [0.25, 0.3) is 5.91 Å². The van der Waals surface area contributed by atoms with Gasteiger partial charge in [0.1, 0.15) is 6.04 Å². The number of anilines is 1. The molecule has 3 fully saturated rings. The Morgan fingerprint density at radius 1 is 0.971 bits per heavy atom. The molecule has 7 nitrogen and oxygen atoms in total. The number of rotatable bonds is 8. The van der Waals surface area contributed by atoms with Gasteiger partial charge < -0.3 is 10.1 Å². The third-order valence-electron chi connectivity index (χ3n) is 7.84. The van der Waals surface area contributed by atoms with E-state index >= 15 is 0 Å². The minimum atomic E-state index is -1.09. The van der Waals surface area contributed by atoms with E-state index in [0.717, 1.165) is 41.7 Å². The van der Waals surface area contributed by atoms with Gasteiger partial charge >= 0.3 is 5.97 Å². The molecule has 1 aliphatic heterocycles. The van der Waals surface area contributed by atoms with Crippen LogP contribution in [-0.4, -0.2) is 41.2 Å². The Balaban J connectivity index is 1.32. The molecule has 2 aromatic carbocycles. The quantitative estimate of drug-likeness (QED) is 0.468. The van der Waals surface area contributed by atoms with E-state index in [1.807, 2.05) is 55.5 Å². The van der Waals surface area contributed by atoms with Gasteiger partial charge in [-0.15, -0.1) is 0 Å². The fourth-order valence-corrected chi connectivity index (χ4v) is 6.23. The Morgan fingerprint density at radius 2 is 1.60 bits per heavy atom. The normalized spacial score (nSPS) is 25.5. The molecule has 182 valence electrons. The smallest absolute Gasteiger partial charge is 0.330 e. The second-order valence-electron chi connectivity index (χ2n) is 9.80. The van der Waals surface area contributed by atoms with Crippen LogP contribution in [0.15, 0.2) is 54.6 Å². The molecule has 7 heteroatoms. The minimum Gasteiger partial charge on any atom is -0.454 e. The predicted molar refractivity (Wildman–Crippen MR) is 129 cm³/mol. The Bertz CT molecular complexity index is 1120. The molecule has 5 atom stereocenters. The van der Waals surface area contributed by atoms with Gasteiger partial charge in [0.15, 0.2) is 6.61 Å². The Kier molecular flexibility index (Phi) is 6.41. The van der Waals surface area contributed by atoms with Crippen LogP contribution < -0.4 is 5.32 Å². The topological polar surface area (TPSA) is 92.8 Å². The molecule has 2 bridgehead atoms. The number of hydrogen-bond donors (Lipinski definition) is 1. The van der Waals surface area contributed by atoms with Gasteiger partial charge in [-0.05, 0) is 54.7 Å². The summed E-state index contributed by atoms with van der Waals surface area (Å²) in [6.45, 7) is 1.50. The van der Waals surface area contributed by atoms with Crippen molar-refractivity contribution in [1.82, 2.24) is 4.90 Å². The van der Waals surface area contributed by atoms with E-state index in [1.165, 1.54) is 0 Å². The lowest BCUT2D eigenvalue weighted by Crippen LogP contribution is -2.48. The van der Waals surface area contributed by atoms with Crippen molar-refractivity contribution < 1.29 is 23.9 Å². The van der Waals surface area contributed by atoms with Crippen molar-refractivity contribution in [2.75, 3.05) is 11.9 Å². The van der Waals surface area contributed by atoms with Gasteiger partial charge in [0.05, 0.1) is 11.8 Å². The van der Waals surface area contributed by atoms with E-state index in [-0.39, 0.29) is 41.9 Å². The fourth-order valence-electron chi connectivity index (χ4n) is 6.23. The zero-order valence-corrected chi connectivity index (χ0v) is 19.8. The summed E-state index contributed by atoms with van der Waals surface area (Å²) >= 11 is 0. The number of nitrogens with zero attached hydrogens (tertiary/aromatic N) is 1. The summed E-state index contributed by atoms with van der Waals surface area (Å²) < 4.78 is 5.39. The first-order valence-corrected chi connectivity index (χ1v) is 12.4. The molecule has 2 aromatic rings. The van der Waals surface area contributed by atoms with E-state index in [2.05, 4.69) is 5.32 Å². The number of nitrogens with one attached hydrogen (secondary N) is 1. The molecule has 0 unspecified atom stereocenters. The Labute approximate surface area is 204 Å². The monoisotopic (exact) mass is 474 g/mol. The maximum absolute atomic E-state index is 13.4. The van der Waals surface area contributed by atoms with Crippen LogP contribution in [0, 0.1) is 23.7 Å². The van der Waals surface area contributed by atoms with Crippen LogP contribution >= 0.6 is 0 Å². The molecule has 35 heavy (non-hydrogen) atoms. The third kappa shape index (κ3) is 4.35. The maximum Gasteiger partial charge on any atom is 0.330 e. The first-order chi connectivity index (χ1) is 17.0. The lowest BCUT2D eigenvalue weighted by Gasteiger charge is -2.26. The molecule has 1 saturated heterocycles. The van der Waals surface area contributed by atoms with Crippen molar-refractivity contribution in [3.8, 4) is 0 Å². The number of para-hydroxylation sites is 1. The first-order valence-electron chi connectivity index (χ1n) is 12.4. The predicted octanol–water partition coefficient (Wildman–Crippen LogP) is 3.37. The number of amides is 3. The first kappa shape index (κ1) is 23.3. The van der Waals surface area contributed by atoms with Crippen molar-refractivity contribution in [2.45, 2.75) is 45.1 Å². The molecule has 1 heterocycles. The van der Waals surface area contributed by atoms with E-state index in [9.17, 15) is 19.2 Å². The van der Waals surface area contributed by atoms with Crippen LogP contribution in [-0.2, 0) is 36.8 Å². The lowest BCUT2D eigenvalue weighted by atomic mass is 9.81. The van der Waals surface area contributed by atoms with Gasteiger partial charge in [0.2, 0.25) is 11.8 Å². The SMILES string of the molecule is CCc1ccccc1NC(=O)COC(=O)[C@H](Cc1ccccc1)N1C(=O)[C@H]2[C@H]3CC[C@@H](C3)[C@@H]2C1=O. The van der Waals surface area contributed by atoms with Crippen molar-refractivity contribution in [1.29, 1.82) is 0 Å². The summed E-state index contributed by atoms with van der Waals surface area (Å²) in [6, 6.07) is 15.6. The maximum atomic E-state index is 13.4. The van der Waals surface area contributed by atoms with E-state index in [4.69, 9.17) is 4.74 Å². The van der Waals surface area contributed by atoms with Crippen molar-refractivity contribution in [3.05, 3.63) is 65.7 Å². The molecule has 5 rings (SSSR count). The highest BCUT2D eigenvalue weighted by Gasteiger charge is 2.62. The summed E-state index contributed by atoms with van der Waals surface area (Å²) in [6.07, 6.45) is 3.76. The van der Waals surface area contributed by atoms with Crippen molar-refractivity contribution in [2.24, 2.45) is 23.7 Å². The summed E-state index contributed by atoms with van der Waals surface area (Å²) in [5.74, 6) is -1.90. The van der Waals surface area contributed by atoms with E-state index in [1.54, 1.807) is 6.07 Å². The number of hydrogen-bond acceptors (Lipinski definition) is 5. The molecule has 0 aromatic heterocycles. The highest BCUT2D eigenvalue weighted by atomic mass is 16.5. The molecule has 0 radical (unpaired) electrons. The number of benzene rings is 2. The standard InChI is InChI=1S/C28H30N2O5/c1-2-18-10-6-7-11-21(18)29-23(31)16-35-28(34)22(14-17-8-4-3-5-9-17)30-26(32)24-19-12-13-20(15-19)25(24)27(30)33/h3-11,19-20,22,24-25H,2,12-16H2,1H3,(H,29,31)/t19-,20-,22-,24-,25-/m0/s1. The van der Waals surface area contributed by atoms with Gasteiger partial charge in [-0.1, -0.05) is 55.5 Å². The lowest BCUT2D eigenvalue weighted by molar-refractivity contribution is -0.160. The highest BCUT2D eigenvalue weighted by Crippen LogP contribution is 2.56. The van der Waals surface area contributed by atoms with Gasteiger partial charge in [-0.25, -0.2) is 4.79 Å². The summed E-state index contributed by atoms with van der Waals surface area (Å²) in [5, 5.41) is 2.78. The zero-order chi connectivity index (χ0) is 24.5. The largest absolute Gasteiger partial charge is 0.454 e. The highest BCUT2D eigenvalue weighted by molar-refractivity contribution is 6.08. The fraction of sp³-hybridized carbons (Fsp3) is 0.429. The van der Waals surface area contributed by atoms with Gasteiger partial charge in [-0.3, -0.25) is 19.3 Å². The average molecular weight is 475 g/mol. The van der Waals surface area contributed by atoms with Gasteiger partial charge in [-0.2, -0.15) is 0 Å². The molecule has 3 amide bonds. The molecular formula is C28H30N2O5. The van der Waals surface area contributed by atoms with E-state index < -0.39 is 24.5 Å². The van der Waals surface area contributed by atoms with Crippen LogP contribution in [0.4, 0.5) is 5.69 Å². The number of esters is 1. The minimum absolute atomic E-state index is 0.159. The third-order valence-corrected chi connectivity index (χ3v) is 7.84. The van der Waals surface area contributed by atoms with Crippen LogP contribution in [0.25, 0.3) is 0 Å². The molecule has 0 spiro atoms. The summed E-state index contributed by atoms with van der Waals surface area (Å²) in [5.41, 5.74) is 2.46. The number of ether oxygens (including phenoxy) is 1. The number of carbonyl (C=O) groups excluding carboxylic acids is 4. The summed E-state index contributed by atoms with van der Waals surface area (Å²) in [7, 11) is 0. The zero-order valence-electron chi connectivity index (χ0n) is 19.8. The van der Waals surface area contributed by atoms with Crippen LogP contribution in [0.1, 0.15) is 37.3 Å². The van der Waals surface area contributed by atoms with Crippen LogP contribution in [0.2, 0.25) is 0 Å². The second kappa shape index (κ2) is 9.64. The van der Waals surface area contributed by atoms with Gasteiger partial charge in [0, 0.05) is 12.1 Å². The van der Waals surface area contributed by atoms with Crippen molar-refractivity contribution >= 4 is 29.4 Å². The number of imide groups is 1. The Morgan fingerprint density at radius 3 is 2.26 bits per heavy atom. The Hall–Kier alpha value is -3.48. The molecule has 3 aliphatic rings. The molecular weight excluding hydrogens is 444 g/mol. The number of fused-ring (bicyclic) bond motifs is 5. The number of likely N-dealkylation sites (tertiary alicyclic amines) is 1. The summed E-state index contributed by atoms with van der Waals surface area (Å²) in [4.78, 5) is 53.7. The number of aryl methyl sites for hydroxylation is 1. The number of carbonyl (C=O) groups is 4. The average Bonchev–Trinajstić information content (AvgIpc) is 3.56. The van der Waals surface area contributed by atoms with Crippen LogP contribution in [0.5, 0.6) is 0 Å². The van der Waals surface area contributed by atoms with Crippen molar-refractivity contribution in [3.63, 3.8) is 0 Å². The van der Waals surface area contributed by atoms with E-state index in [0.29, 0.717) is 5.69 Å².